The molecule has 0 radical (unpaired) electrons. The van der Waals surface area contributed by atoms with Crippen LogP contribution in [0.15, 0.2) is 0 Å². The molecule has 20 heavy (non-hydrogen) atoms. The molecule has 0 saturated heterocycles. The van der Waals surface area contributed by atoms with Gasteiger partial charge in [-0.3, -0.25) is 4.79 Å². The van der Waals surface area contributed by atoms with Crippen molar-refractivity contribution in [1.82, 2.24) is 5.32 Å². The van der Waals surface area contributed by atoms with E-state index in [0.29, 0.717) is 12.8 Å². The second kappa shape index (κ2) is 6.02. The molecule has 0 aromatic carbocycles. The largest absolute Gasteiger partial charge is 0.391 e. The summed E-state index contributed by atoms with van der Waals surface area (Å²) in [4.78, 5) is 12.1. The third kappa shape index (κ3) is 3.44. The van der Waals surface area contributed by atoms with Gasteiger partial charge in [0.05, 0.1) is 17.9 Å². The summed E-state index contributed by atoms with van der Waals surface area (Å²) in [5.41, 5.74) is 0. The predicted octanol–water partition coefficient (Wildman–Crippen LogP) is 3.16. The van der Waals surface area contributed by atoms with Crippen molar-refractivity contribution in [2.45, 2.75) is 57.2 Å². The van der Waals surface area contributed by atoms with Gasteiger partial charge in [0, 0.05) is 12.0 Å². The first-order valence-electron chi connectivity index (χ1n) is 7.18. The van der Waals surface area contributed by atoms with Crippen LogP contribution < -0.4 is 5.32 Å². The van der Waals surface area contributed by atoms with Crippen LogP contribution in [0.4, 0.5) is 13.2 Å². The van der Waals surface area contributed by atoms with Crippen molar-refractivity contribution in [2.75, 3.05) is 0 Å². The summed E-state index contributed by atoms with van der Waals surface area (Å²) < 4.78 is 38.2. The van der Waals surface area contributed by atoms with Crippen LogP contribution in [0.25, 0.3) is 0 Å². The summed E-state index contributed by atoms with van der Waals surface area (Å²) in [5, 5.41) is 11.8. The van der Waals surface area contributed by atoms with Crippen molar-refractivity contribution >= 4 is 5.91 Å². The Morgan fingerprint density at radius 3 is 2.50 bits per heavy atom. The monoisotopic (exact) mass is 288 g/mol. The SMILES string of the molecule is N#CC1CCCC1NC(=O)C1CCCC(C(F)(F)F)C1. The predicted molar refractivity (Wildman–Crippen MR) is 66.4 cm³/mol. The van der Waals surface area contributed by atoms with E-state index in [1.165, 1.54) is 0 Å². The van der Waals surface area contributed by atoms with Crippen molar-refractivity contribution in [3.8, 4) is 6.07 Å². The van der Waals surface area contributed by atoms with Gasteiger partial charge < -0.3 is 5.32 Å². The quantitative estimate of drug-likeness (QED) is 0.848. The zero-order chi connectivity index (χ0) is 14.8. The molecule has 6 heteroatoms. The van der Waals surface area contributed by atoms with Gasteiger partial charge in [-0.05, 0) is 38.5 Å². The molecule has 112 valence electrons. The normalized spacial score (nSPS) is 34.5. The molecule has 0 aromatic heterocycles. The number of carbonyl (C=O) groups is 1. The summed E-state index contributed by atoms with van der Waals surface area (Å²) in [6.45, 7) is 0. The second-order valence-corrected chi connectivity index (χ2v) is 5.88. The molecule has 2 aliphatic rings. The fourth-order valence-electron chi connectivity index (χ4n) is 3.31. The van der Waals surface area contributed by atoms with Crippen LogP contribution in [0, 0.1) is 29.1 Å². The Bertz CT molecular complexity index is 402. The number of alkyl halides is 3. The van der Waals surface area contributed by atoms with Crippen LogP contribution in [0.1, 0.15) is 44.9 Å². The highest BCUT2D eigenvalue weighted by Crippen LogP contribution is 2.40. The first-order chi connectivity index (χ1) is 9.41. The van der Waals surface area contributed by atoms with Crippen LogP contribution in [-0.2, 0) is 4.79 Å². The summed E-state index contributed by atoms with van der Waals surface area (Å²) in [6, 6.07) is 1.98. The molecule has 2 aliphatic carbocycles. The minimum Gasteiger partial charge on any atom is -0.352 e. The number of amides is 1. The molecule has 4 unspecified atom stereocenters. The minimum absolute atomic E-state index is 0.112. The van der Waals surface area contributed by atoms with Crippen LogP contribution in [0.2, 0.25) is 0 Å². The standard InChI is InChI=1S/C14H19F3N2O/c15-14(16,17)11-5-1-3-9(7-11)13(20)19-12-6-2-4-10(12)8-18/h9-12H,1-7H2,(H,19,20). The molecular formula is C14H19F3N2O. The highest BCUT2D eigenvalue weighted by molar-refractivity contribution is 5.79. The lowest BCUT2D eigenvalue weighted by Crippen LogP contribution is -2.43. The van der Waals surface area contributed by atoms with Gasteiger partial charge in [-0.2, -0.15) is 18.4 Å². The second-order valence-electron chi connectivity index (χ2n) is 5.88. The molecule has 0 heterocycles. The fraction of sp³-hybridized carbons (Fsp3) is 0.857. The van der Waals surface area contributed by atoms with Crippen molar-refractivity contribution in [2.24, 2.45) is 17.8 Å². The van der Waals surface area contributed by atoms with Gasteiger partial charge in [0.2, 0.25) is 5.91 Å². The Kier molecular flexibility index (Phi) is 4.56. The molecule has 0 aliphatic heterocycles. The van der Waals surface area contributed by atoms with Crippen molar-refractivity contribution in [3.05, 3.63) is 0 Å². The topological polar surface area (TPSA) is 52.9 Å². The molecule has 1 amide bonds. The van der Waals surface area contributed by atoms with Gasteiger partial charge in [-0.15, -0.1) is 0 Å². The summed E-state index contributed by atoms with van der Waals surface area (Å²) in [7, 11) is 0. The number of nitrogens with zero attached hydrogens (tertiary/aromatic N) is 1. The molecule has 0 spiro atoms. The highest BCUT2D eigenvalue weighted by Gasteiger charge is 2.44. The van der Waals surface area contributed by atoms with Gasteiger partial charge in [-0.25, -0.2) is 0 Å². The molecule has 0 aromatic rings. The van der Waals surface area contributed by atoms with Gasteiger partial charge in [0.1, 0.15) is 0 Å². The smallest absolute Gasteiger partial charge is 0.352 e. The number of nitriles is 1. The van der Waals surface area contributed by atoms with Gasteiger partial charge in [-0.1, -0.05) is 6.42 Å². The van der Waals surface area contributed by atoms with E-state index in [-0.39, 0.29) is 30.7 Å². The molecule has 2 saturated carbocycles. The zero-order valence-corrected chi connectivity index (χ0v) is 11.2. The summed E-state index contributed by atoms with van der Waals surface area (Å²) >= 11 is 0. The Hall–Kier alpha value is -1.25. The lowest BCUT2D eigenvalue weighted by Gasteiger charge is -2.30. The van der Waals surface area contributed by atoms with Crippen LogP contribution in [0.5, 0.6) is 0 Å². The van der Waals surface area contributed by atoms with E-state index in [1.54, 1.807) is 0 Å². The van der Waals surface area contributed by atoms with Crippen molar-refractivity contribution in [1.29, 1.82) is 5.26 Å². The molecule has 2 rings (SSSR count). The van der Waals surface area contributed by atoms with Crippen LogP contribution in [0.3, 0.4) is 0 Å². The third-order valence-electron chi connectivity index (χ3n) is 4.52. The van der Waals surface area contributed by atoms with Crippen LogP contribution >= 0.6 is 0 Å². The number of nitrogens with one attached hydrogen (secondary N) is 1. The first-order valence-corrected chi connectivity index (χ1v) is 7.18. The van der Waals surface area contributed by atoms with E-state index in [0.717, 1.165) is 19.3 Å². The van der Waals surface area contributed by atoms with Crippen molar-refractivity contribution in [3.63, 3.8) is 0 Å². The minimum atomic E-state index is -4.21. The highest BCUT2D eigenvalue weighted by atomic mass is 19.4. The number of hydrogen-bond donors (Lipinski definition) is 1. The van der Waals surface area contributed by atoms with Gasteiger partial charge in [0.25, 0.3) is 0 Å². The Morgan fingerprint density at radius 1 is 1.15 bits per heavy atom. The summed E-state index contributed by atoms with van der Waals surface area (Å²) in [5.74, 6) is -2.41. The average molecular weight is 288 g/mol. The molecule has 2 fully saturated rings. The number of hydrogen-bond acceptors (Lipinski definition) is 2. The molecule has 1 N–H and O–H groups in total. The van der Waals surface area contributed by atoms with Gasteiger partial charge >= 0.3 is 6.18 Å². The average Bonchev–Trinajstić information content (AvgIpc) is 2.85. The van der Waals surface area contributed by atoms with E-state index in [9.17, 15) is 18.0 Å². The van der Waals surface area contributed by atoms with Crippen molar-refractivity contribution < 1.29 is 18.0 Å². The van der Waals surface area contributed by atoms with E-state index in [4.69, 9.17) is 5.26 Å². The molecule has 3 nitrogen and oxygen atoms in total. The Morgan fingerprint density at radius 2 is 1.85 bits per heavy atom. The van der Waals surface area contributed by atoms with Gasteiger partial charge in [0.15, 0.2) is 0 Å². The van der Waals surface area contributed by atoms with E-state index in [2.05, 4.69) is 11.4 Å². The zero-order valence-electron chi connectivity index (χ0n) is 11.2. The lowest BCUT2D eigenvalue weighted by atomic mass is 9.80. The fourth-order valence-corrected chi connectivity index (χ4v) is 3.31. The summed E-state index contributed by atoms with van der Waals surface area (Å²) in [6.07, 6.45) is -0.842. The van der Waals surface area contributed by atoms with E-state index < -0.39 is 18.0 Å². The maximum Gasteiger partial charge on any atom is 0.391 e. The molecule has 0 bridgehead atoms. The Balaban J connectivity index is 1.91. The molecular weight excluding hydrogens is 269 g/mol. The van der Waals surface area contributed by atoms with E-state index in [1.807, 2.05) is 0 Å². The maximum atomic E-state index is 12.7. The van der Waals surface area contributed by atoms with E-state index >= 15 is 0 Å². The van der Waals surface area contributed by atoms with Crippen LogP contribution in [-0.4, -0.2) is 18.1 Å². The first kappa shape index (κ1) is 15.1. The molecule has 4 atom stereocenters. The third-order valence-corrected chi connectivity index (χ3v) is 4.52. The number of carbonyl (C=O) groups excluding carboxylic acids is 1. The number of rotatable bonds is 2. The Labute approximate surface area is 116 Å². The number of halogens is 3. The maximum absolute atomic E-state index is 12.7. The lowest BCUT2D eigenvalue weighted by molar-refractivity contribution is -0.186.